The quantitative estimate of drug-likeness (QED) is 0.921. The number of hydrogen-bond acceptors (Lipinski definition) is 3. The van der Waals surface area contributed by atoms with Gasteiger partial charge in [-0.15, -0.1) is 0 Å². The predicted octanol–water partition coefficient (Wildman–Crippen LogP) is 2.60. The van der Waals surface area contributed by atoms with Crippen molar-refractivity contribution in [2.24, 2.45) is 0 Å². The van der Waals surface area contributed by atoms with Crippen molar-refractivity contribution < 1.29 is 13.2 Å². The van der Waals surface area contributed by atoms with Gasteiger partial charge < -0.3 is 5.32 Å². The van der Waals surface area contributed by atoms with Crippen LogP contribution in [-0.4, -0.2) is 26.3 Å². The highest BCUT2D eigenvalue weighted by Crippen LogP contribution is 2.23. The molecule has 0 fully saturated rings. The molecule has 0 unspecified atom stereocenters. The number of anilines is 1. The van der Waals surface area contributed by atoms with Crippen molar-refractivity contribution in [1.82, 2.24) is 0 Å². The molecule has 0 atom stereocenters. The van der Waals surface area contributed by atoms with Gasteiger partial charge in [0.2, 0.25) is 5.91 Å². The predicted molar refractivity (Wildman–Crippen MR) is 81.5 cm³/mol. The maximum Gasteiger partial charge on any atom is 0.224 e. The normalized spacial score (nSPS) is 11.4. The molecule has 0 radical (unpaired) electrons. The Labute approximate surface area is 118 Å². The molecule has 0 spiro atoms. The first-order chi connectivity index (χ1) is 9.46. The van der Waals surface area contributed by atoms with Crippen LogP contribution in [0.2, 0.25) is 0 Å². The number of amides is 1. The Hall–Kier alpha value is -1.88. The second kappa shape index (κ2) is 6.05. The molecule has 1 N–H and O–H groups in total. The minimum atomic E-state index is -3.01. The van der Waals surface area contributed by atoms with Gasteiger partial charge in [-0.3, -0.25) is 4.79 Å². The Morgan fingerprint density at radius 2 is 1.80 bits per heavy atom. The van der Waals surface area contributed by atoms with Crippen LogP contribution in [0.25, 0.3) is 10.8 Å². The van der Waals surface area contributed by atoms with Crippen LogP contribution in [-0.2, 0) is 14.6 Å². The van der Waals surface area contributed by atoms with Gasteiger partial charge in [0.25, 0.3) is 0 Å². The van der Waals surface area contributed by atoms with Gasteiger partial charge in [0.1, 0.15) is 9.84 Å². The molecule has 0 aromatic heterocycles. The number of fused-ring (bicyclic) bond motifs is 1. The zero-order valence-corrected chi connectivity index (χ0v) is 12.1. The summed E-state index contributed by atoms with van der Waals surface area (Å²) in [5.74, 6) is -0.124. The molecule has 0 aliphatic rings. The second-order valence-corrected chi connectivity index (χ2v) is 7.07. The first-order valence-electron chi connectivity index (χ1n) is 6.41. The third kappa shape index (κ3) is 4.06. The molecular weight excluding hydrogens is 274 g/mol. The summed E-state index contributed by atoms with van der Waals surface area (Å²) in [5.41, 5.74) is 0.757. The highest BCUT2D eigenvalue weighted by molar-refractivity contribution is 7.90. The van der Waals surface area contributed by atoms with Gasteiger partial charge >= 0.3 is 0 Å². The van der Waals surface area contributed by atoms with E-state index in [1.165, 1.54) is 6.26 Å². The van der Waals surface area contributed by atoms with Gasteiger partial charge in [-0.1, -0.05) is 36.4 Å². The highest BCUT2D eigenvalue weighted by atomic mass is 32.2. The van der Waals surface area contributed by atoms with Crippen LogP contribution in [0.3, 0.4) is 0 Å². The minimum absolute atomic E-state index is 0.0377. The van der Waals surface area contributed by atoms with Crippen LogP contribution in [0.1, 0.15) is 12.8 Å². The number of benzene rings is 2. The van der Waals surface area contributed by atoms with E-state index in [4.69, 9.17) is 0 Å². The van der Waals surface area contributed by atoms with E-state index in [0.717, 1.165) is 16.5 Å². The molecule has 4 nitrogen and oxygen atoms in total. The first-order valence-corrected chi connectivity index (χ1v) is 8.47. The summed E-state index contributed by atoms with van der Waals surface area (Å²) in [6.07, 6.45) is 1.72. The van der Waals surface area contributed by atoms with Crippen LogP contribution in [0.5, 0.6) is 0 Å². The van der Waals surface area contributed by atoms with Crippen molar-refractivity contribution in [3.05, 3.63) is 42.5 Å². The van der Waals surface area contributed by atoms with Gasteiger partial charge in [0.15, 0.2) is 0 Å². The van der Waals surface area contributed by atoms with E-state index in [2.05, 4.69) is 5.32 Å². The fourth-order valence-electron chi connectivity index (χ4n) is 2.04. The third-order valence-corrected chi connectivity index (χ3v) is 4.01. The van der Waals surface area contributed by atoms with E-state index in [0.29, 0.717) is 6.42 Å². The topological polar surface area (TPSA) is 63.2 Å². The Balaban J connectivity index is 2.03. The lowest BCUT2D eigenvalue weighted by molar-refractivity contribution is -0.116. The molecule has 2 rings (SSSR count). The van der Waals surface area contributed by atoms with E-state index in [1.807, 2.05) is 42.5 Å². The number of sulfone groups is 1. The van der Waals surface area contributed by atoms with Gasteiger partial charge in [-0.25, -0.2) is 8.42 Å². The molecule has 0 saturated carbocycles. The maximum absolute atomic E-state index is 11.8. The van der Waals surface area contributed by atoms with Gasteiger partial charge in [-0.2, -0.15) is 0 Å². The van der Waals surface area contributed by atoms with Crippen molar-refractivity contribution in [3.63, 3.8) is 0 Å². The number of carbonyl (C=O) groups is 1. The van der Waals surface area contributed by atoms with Crippen LogP contribution in [0.4, 0.5) is 5.69 Å². The van der Waals surface area contributed by atoms with E-state index in [-0.39, 0.29) is 18.1 Å². The number of rotatable bonds is 5. The summed E-state index contributed by atoms with van der Waals surface area (Å²) < 4.78 is 22.0. The van der Waals surface area contributed by atoms with Gasteiger partial charge in [0.05, 0.1) is 5.75 Å². The summed E-state index contributed by atoms with van der Waals surface area (Å²) in [6.45, 7) is 0. The summed E-state index contributed by atoms with van der Waals surface area (Å²) in [7, 11) is -3.01. The van der Waals surface area contributed by atoms with Crippen molar-refractivity contribution in [1.29, 1.82) is 0 Å². The lowest BCUT2D eigenvalue weighted by atomic mass is 10.1. The molecule has 0 bridgehead atoms. The van der Waals surface area contributed by atoms with Crippen molar-refractivity contribution in [2.45, 2.75) is 12.8 Å². The Morgan fingerprint density at radius 1 is 1.10 bits per heavy atom. The van der Waals surface area contributed by atoms with Gasteiger partial charge in [-0.05, 0) is 17.9 Å². The van der Waals surface area contributed by atoms with Crippen molar-refractivity contribution >= 4 is 32.2 Å². The fraction of sp³-hybridized carbons (Fsp3) is 0.267. The highest BCUT2D eigenvalue weighted by Gasteiger charge is 2.08. The molecular formula is C15H17NO3S. The van der Waals surface area contributed by atoms with E-state index >= 15 is 0 Å². The Morgan fingerprint density at radius 3 is 2.55 bits per heavy atom. The van der Waals surface area contributed by atoms with Gasteiger partial charge in [0, 0.05) is 23.8 Å². The van der Waals surface area contributed by atoms with E-state index < -0.39 is 9.84 Å². The number of hydrogen-bond donors (Lipinski definition) is 1. The zero-order chi connectivity index (χ0) is 14.6. The third-order valence-electron chi connectivity index (χ3n) is 2.98. The zero-order valence-electron chi connectivity index (χ0n) is 11.3. The fourth-order valence-corrected chi connectivity index (χ4v) is 2.71. The van der Waals surface area contributed by atoms with Crippen LogP contribution in [0.15, 0.2) is 42.5 Å². The molecule has 0 aliphatic carbocycles. The second-order valence-electron chi connectivity index (χ2n) is 4.81. The maximum atomic E-state index is 11.8. The number of nitrogens with one attached hydrogen (secondary N) is 1. The molecule has 0 heterocycles. The summed E-state index contributed by atoms with van der Waals surface area (Å²) in [6, 6.07) is 13.5. The van der Waals surface area contributed by atoms with E-state index in [9.17, 15) is 13.2 Å². The molecule has 5 heteroatoms. The van der Waals surface area contributed by atoms with Crippen molar-refractivity contribution in [2.75, 3.05) is 17.3 Å². The van der Waals surface area contributed by atoms with Crippen molar-refractivity contribution in [3.8, 4) is 0 Å². The molecule has 2 aromatic rings. The van der Waals surface area contributed by atoms with Crippen LogP contribution < -0.4 is 5.32 Å². The summed E-state index contributed by atoms with van der Waals surface area (Å²) in [5, 5.41) is 4.87. The summed E-state index contributed by atoms with van der Waals surface area (Å²) in [4.78, 5) is 11.8. The minimum Gasteiger partial charge on any atom is -0.326 e. The monoisotopic (exact) mass is 291 g/mol. The SMILES string of the molecule is CS(=O)(=O)CCCC(=O)Nc1cccc2ccccc12. The Bertz CT molecular complexity index is 717. The average molecular weight is 291 g/mol. The van der Waals surface area contributed by atoms with E-state index in [1.54, 1.807) is 0 Å². The van der Waals surface area contributed by atoms with Crippen LogP contribution >= 0.6 is 0 Å². The summed E-state index contributed by atoms with van der Waals surface area (Å²) >= 11 is 0. The largest absolute Gasteiger partial charge is 0.326 e. The molecule has 2 aromatic carbocycles. The standard InChI is InChI=1S/C15H17NO3S/c1-20(18,19)11-5-10-15(17)16-14-9-4-7-12-6-2-3-8-13(12)14/h2-4,6-9H,5,10-11H2,1H3,(H,16,17). The molecule has 0 aliphatic heterocycles. The molecule has 106 valence electrons. The lowest BCUT2D eigenvalue weighted by Crippen LogP contribution is -2.13. The molecule has 0 saturated heterocycles. The first kappa shape index (κ1) is 14.5. The van der Waals surface area contributed by atoms with Crippen LogP contribution in [0, 0.1) is 0 Å². The number of carbonyl (C=O) groups excluding carboxylic acids is 1. The smallest absolute Gasteiger partial charge is 0.224 e. The molecule has 1 amide bonds. The Kier molecular flexibility index (Phi) is 4.39. The average Bonchev–Trinajstić information content (AvgIpc) is 2.37. The lowest BCUT2D eigenvalue weighted by Gasteiger charge is -2.08. The molecule has 20 heavy (non-hydrogen) atoms.